The Labute approximate surface area is 631 Å². The van der Waals surface area contributed by atoms with Gasteiger partial charge >= 0.3 is 0 Å². The second-order valence-electron chi connectivity index (χ2n) is 27.1. The van der Waals surface area contributed by atoms with Crippen LogP contribution < -0.4 is 19.6 Å². The van der Waals surface area contributed by atoms with E-state index in [-0.39, 0.29) is 0 Å². The van der Waals surface area contributed by atoms with E-state index in [1.165, 1.54) is 49.0 Å². The zero-order chi connectivity index (χ0) is 72.0. The van der Waals surface area contributed by atoms with Crippen molar-refractivity contribution in [3.63, 3.8) is 0 Å². The molecule has 18 aromatic carbocycles. The zero-order valence-corrected chi connectivity index (χ0v) is 59.5. The number of benzene rings is 18. The van der Waals surface area contributed by atoms with Gasteiger partial charge in [0.05, 0.1) is 17.1 Å². The minimum absolute atomic E-state index is 1.07. The first kappa shape index (κ1) is 65.7. The zero-order valence-electron chi connectivity index (χ0n) is 59.5. The predicted octanol–water partition coefficient (Wildman–Crippen LogP) is 29.5. The lowest BCUT2D eigenvalue weighted by Crippen LogP contribution is -2.13. The SMILES string of the molecule is C(=C\c1ccc(N(c2ccccc2)c2ccc(-c3ccc(N(c4ccccc4)c4ccc(/C=C/c5cccc(-c6ccccc6N(c6ccccc6)c6c7ccccc7c(-c7c8ccccc8c(N(c8ccccc8)c8ccccc8)c8ccccc78)c7ccccc67)c5)cc4)cc3)cc2)cc1)/c1ccccc1. The number of rotatable bonds is 19. The molecule has 108 heavy (non-hydrogen) atoms. The molecular weight excluding hydrogens is 1310 g/mol. The van der Waals surface area contributed by atoms with Crippen LogP contribution in [0.25, 0.3) is 101 Å². The molecule has 4 nitrogen and oxygen atoms in total. The molecule has 18 aromatic rings. The third-order valence-corrected chi connectivity index (χ3v) is 20.5. The highest BCUT2D eigenvalue weighted by molar-refractivity contribution is 6.31. The molecule has 0 atom stereocenters. The normalized spacial score (nSPS) is 11.4. The number of hydrogen-bond acceptors (Lipinski definition) is 4. The van der Waals surface area contributed by atoms with Crippen LogP contribution in [0.15, 0.2) is 425 Å². The topological polar surface area (TPSA) is 13.0 Å². The first-order valence-electron chi connectivity index (χ1n) is 37.0. The quantitative estimate of drug-likeness (QED) is 0.0591. The summed E-state index contributed by atoms with van der Waals surface area (Å²) in [7, 11) is 0. The highest BCUT2D eigenvalue weighted by Gasteiger charge is 2.28. The van der Waals surface area contributed by atoms with E-state index >= 15 is 0 Å². The number of hydrogen-bond donors (Lipinski definition) is 0. The average molecular weight is 1380 g/mol. The van der Waals surface area contributed by atoms with E-state index in [0.717, 1.165) is 118 Å². The van der Waals surface area contributed by atoms with Gasteiger partial charge < -0.3 is 19.6 Å². The van der Waals surface area contributed by atoms with Crippen molar-refractivity contribution >= 4 is 136 Å². The second kappa shape index (κ2) is 29.8. The molecule has 4 heteroatoms. The highest BCUT2D eigenvalue weighted by atomic mass is 15.2. The van der Waals surface area contributed by atoms with Gasteiger partial charge in [0.15, 0.2) is 0 Å². The minimum atomic E-state index is 1.07. The Morgan fingerprint density at radius 3 is 0.796 bits per heavy atom. The first-order chi connectivity index (χ1) is 53.6. The summed E-state index contributed by atoms with van der Waals surface area (Å²) in [6.45, 7) is 0. The second-order valence-corrected chi connectivity index (χ2v) is 27.1. The largest absolute Gasteiger partial charge is 0.311 e. The van der Waals surface area contributed by atoms with Gasteiger partial charge in [-0.15, -0.1) is 0 Å². The average Bonchev–Trinajstić information content (AvgIpc) is 0.704. The fourth-order valence-electron chi connectivity index (χ4n) is 15.6. The van der Waals surface area contributed by atoms with Crippen LogP contribution in [0.5, 0.6) is 0 Å². The van der Waals surface area contributed by atoms with Gasteiger partial charge in [0.1, 0.15) is 0 Å². The minimum Gasteiger partial charge on any atom is -0.311 e. The van der Waals surface area contributed by atoms with Crippen molar-refractivity contribution in [1.82, 2.24) is 0 Å². The molecule has 0 N–H and O–H groups in total. The summed E-state index contributed by atoms with van der Waals surface area (Å²) in [6, 6.07) is 154. The Bertz CT molecular complexity index is 6090. The van der Waals surface area contributed by atoms with Crippen LogP contribution in [0, 0.1) is 0 Å². The molecule has 18 rings (SSSR count). The fraction of sp³-hybridized carbons (Fsp3) is 0. The molecule has 0 spiro atoms. The molecule has 0 unspecified atom stereocenters. The van der Waals surface area contributed by atoms with E-state index in [9.17, 15) is 0 Å². The molecule has 0 aliphatic heterocycles. The summed E-state index contributed by atoms with van der Waals surface area (Å²) < 4.78 is 0. The summed E-state index contributed by atoms with van der Waals surface area (Å²) in [5, 5.41) is 9.38. The monoisotopic (exact) mass is 1380 g/mol. The maximum atomic E-state index is 2.50. The standard InChI is InChI=1S/C104H74N4/c1-7-30-75(31-8-1)54-55-76-58-66-87(67-59-76)105(82-34-9-2-10-35-82)89-70-62-79(63-71-89)80-64-72-90(73-65-80)106(83-36-11-3-12-37-83)88-68-60-77(61-69-88)56-57-78-32-29-33-81(74-78)91-44-27-28-53-100(91)108(86-42-17-6-18-43-86)104-98-51-25-21-47-94(98)102(95-48-22-26-52-99(95)104)101-92-45-19-23-49-96(92)103(97-50-24-20-46-93(97)101)107(84-38-13-4-14-39-84)85-40-15-5-16-41-85/h1-74H/b55-54+,57-56+. The molecule has 0 fully saturated rings. The lowest BCUT2D eigenvalue weighted by molar-refractivity contribution is 1.28. The molecule has 0 saturated carbocycles. The molecule has 0 aliphatic rings. The van der Waals surface area contributed by atoms with E-state index < -0.39 is 0 Å². The van der Waals surface area contributed by atoms with Crippen LogP contribution in [-0.4, -0.2) is 0 Å². The van der Waals surface area contributed by atoms with Crippen molar-refractivity contribution in [2.24, 2.45) is 0 Å². The van der Waals surface area contributed by atoms with Crippen LogP contribution in [0.4, 0.5) is 68.2 Å². The molecule has 0 bridgehead atoms. The van der Waals surface area contributed by atoms with Gasteiger partial charge in [0, 0.05) is 78.3 Å². The summed E-state index contributed by atoms with van der Waals surface area (Å²) >= 11 is 0. The van der Waals surface area contributed by atoms with Gasteiger partial charge in [-0.2, -0.15) is 0 Å². The Balaban J connectivity index is 0.655. The molecule has 0 saturated heterocycles. The van der Waals surface area contributed by atoms with Gasteiger partial charge in [0.25, 0.3) is 0 Å². The van der Waals surface area contributed by atoms with E-state index in [1.54, 1.807) is 0 Å². The van der Waals surface area contributed by atoms with Gasteiger partial charge in [-0.3, -0.25) is 0 Å². The summed E-state index contributed by atoms with van der Waals surface area (Å²) in [5.74, 6) is 0. The predicted molar refractivity (Wildman–Crippen MR) is 462 cm³/mol. The molecule has 0 radical (unpaired) electrons. The number of fused-ring (bicyclic) bond motifs is 4. The third kappa shape index (κ3) is 13.0. The molecule has 0 heterocycles. The molecule has 0 aromatic heterocycles. The van der Waals surface area contributed by atoms with Crippen LogP contribution in [0.2, 0.25) is 0 Å². The van der Waals surface area contributed by atoms with E-state index in [4.69, 9.17) is 0 Å². The summed E-state index contributed by atoms with van der Waals surface area (Å²) in [4.78, 5) is 9.58. The van der Waals surface area contributed by atoms with Gasteiger partial charge in [-0.1, -0.05) is 328 Å². The van der Waals surface area contributed by atoms with Crippen molar-refractivity contribution in [1.29, 1.82) is 0 Å². The lowest BCUT2D eigenvalue weighted by Gasteiger charge is -2.32. The Hall–Kier alpha value is -14.3. The van der Waals surface area contributed by atoms with Crippen molar-refractivity contribution in [3.05, 3.63) is 447 Å². The highest BCUT2D eigenvalue weighted by Crippen LogP contribution is 2.55. The molecular formula is C104H74N4. The van der Waals surface area contributed by atoms with Crippen LogP contribution in [0.3, 0.4) is 0 Å². The van der Waals surface area contributed by atoms with Crippen molar-refractivity contribution in [2.45, 2.75) is 0 Å². The van der Waals surface area contributed by atoms with E-state index in [2.05, 4.69) is 462 Å². The van der Waals surface area contributed by atoms with Crippen molar-refractivity contribution < 1.29 is 0 Å². The Kier molecular flexibility index (Phi) is 18.1. The van der Waals surface area contributed by atoms with Gasteiger partial charge in [0.2, 0.25) is 0 Å². The lowest BCUT2D eigenvalue weighted by atomic mass is 9.84. The van der Waals surface area contributed by atoms with Crippen LogP contribution >= 0.6 is 0 Å². The van der Waals surface area contributed by atoms with Gasteiger partial charge in [-0.05, 0) is 193 Å². The van der Waals surface area contributed by atoms with Crippen LogP contribution in [0.1, 0.15) is 22.3 Å². The Morgan fingerprint density at radius 1 is 0.157 bits per heavy atom. The third-order valence-electron chi connectivity index (χ3n) is 20.5. The van der Waals surface area contributed by atoms with Gasteiger partial charge in [-0.25, -0.2) is 0 Å². The number of para-hydroxylation sites is 6. The Morgan fingerprint density at radius 2 is 0.417 bits per heavy atom. The maximum Gasteiger partial charge on any atom is 0.0619 e. The number of anilines is 12. The number of nitrogens with zero attached hydrogens (tertiary/aromatic N) is 4. The summed E-state index contributed by atoms with van der Waals surface area (Å²) in [6.07, 6.45) is 8.78. The molecule has 0 amide bonds. The first-order valence-corrected chi connectivity index (χ1v) is 37.0. The van der Waals surface area contributed by atoms with E-state index in [0.29, 0.717) is 0 Å². The van der Waals surface area contributed by atoms with Crippen LogP contribution in [-0.2, 0) is 0 Å². The maximum absolute atomic E-state index is 2.50. The molecule has 510 valence electrons. The fourth-order valence-corrected chi connectivity index (χ4v) is 15.6. The smallest absolute Gasteiger partial charge is 0.0619 e. The summed E-state index contributed by atoms with van der Waals surface area (Å²) in [5.41, 5.74) is 24.6. The van der Waals surface area contributed by atoms with Crippen molar-refractivity contribution in [2.75, 3.05) is 19.6 Å². The molecule has 0 aliphatic carbocycles. The van der Waals surface area contributed by atoms with Crippen molar-refractivity contribution in [3.8, 4) is 33.4 Å². The van der Waals surface area contributed by atoms with E-state index in [1.807, 2.05) is 6.07 Å².